The number of thiazole rings is 1. The lowest BCUT2D eigenvalue weighted by Crippen LogP contribution is -2.26. The summed E-state index contributed by atoms with van der Waals surface area (Å²) < 4.78 is 18.0. The van der Waals surface area contributed by atoms with Crippen LogP contribution in [0.1, 0.15) is 11.1 Å². The summed E-state index contributed by atoms with van der Waals surface area (Å²) in [6.45, 7) is 10.3. The van der Waals surface area contributed by atoms with Crippen molar-refractivity contribution in [1.82, 2.24) is 15.0 Å². The molecule has 2 aromatic carbocycles. The number of nitrogens with zero attached hydrogens (tertiary/aromatic N) is 3. The Balaban J connectivity index is 1.77. The third kappa shape index (κ3) is 2.89. The zero-order valence-electron chi connectivity index (χ0n) is 16.1. The Morgan fingerprint density at radius 1 is 1.24 bits per heavy atom. The molecular weight excluding hydrogens is 386 g/mol. The molecule has 1 aliphatic rings. The molecule has 2 aromatic heterocycles. The topological polar surface area (TPSA) is 66.4 Å². The maximum absolute atomic E-state index is 5.94. The van der Waals surface area contributed by atoms with E-state index < -0.39 is 0 Å². The van der Waals surface area contributed by atoms with Crippen molar-refractivity contribution in [2.45, 2.75) is 13.0 Å². The molecule has 6 nitrogen and oxygen atoms in total. The van der Waals surface area contributed by atoms with Gasteiger partial charge in [0.15, 0.2) is 11.5 Å². The Hall–Kier alpha value is -3.19. The number of ether oxygens (including phenoxy) is 3. The molecule has 0 amide bonds. The van der Waals surface area contributed by atoms with Gasteiger partial charge in [0.2, 0.25) is 5.88 Å². The van der Waals surface area contributed by atoms with Crippen molar-refractivity contribution < 1.29 is 14.2 Å². The van der Waals surface area contributed by atoms with Crippen molar-refractivity contribution in [3.05, 3.63) is 49.0 Å². The van der Waals surface area contributed by atoms with Crippen LogP contribution in [0.15, 0.2) is 31.0 Å². The quantitative estimate of drug-likeness (QED) is 0.487. The molecule has 7 heteroatoms. The van der Waals surface area contributed by atoms with Gasteiger partial charge in [0, 0.05) is 5.56 Å². The molecule has 1 atom stereocenters. The number of rotatable bonds is 3. The molecule has 4 aromatic rings. The van der Waals surface area contributed by atoms with E-state index in [9.17, 15) is 0 Å². The second kappa shape index (κ2) is 6.70. The normalized spacial score (nSPS) is 15.6. The summed E-state index contributed by atoms with van der Waals surface area (Å²) in [5.74, 6) is 1.91. The van der Waals surface area contributed by atoms with E-state index in [1.54, 1.807) is 30.7 Å². The maximum atomic E-state index is 5.94. The Labute approximate surface area is 171 Å². The zero-order chi connectivity index (χ0) is 20.1. The van der Waals surface area contributed by atoms with Crippen molar-refractivity contribution in [3.8, 4) is 28.0 Å². The highest BCUT2D eigenvalue weighted by Crippen LogP contribution is 2.45. The van der Waals surface area contributed by atoms with Crippen LogP contribution in [0.5, 0.6) is 17.4 Å². The first-order valence-corrected chi connectivity index (χ1v) is 9.93. The van der Waals surface area contributed by atoms with Gasteiger partial charge in [0.25, 0.3) is 0 Å². The van der Waals surface area contributed by atoms with Crippen LogP contribution in [0.4, 0.5) is 0 Å². The average molecular weight is 404 g/mol. The van der Waals surface area contributed by atoms with E-state index in [4.69, 9.17) is 19.2 Å². The van der Waals surface area contributed by atoms with Crippen molar-refractivity contribution in [2.24, 2.45) is 0 Å². The van der Waals surface area contributed by atoms with Gasteiger partial charge in [-0.15, -0.1) is 11.3 Å². The third-order valence-corrected chi connectivity index (χ3v) is 5.90. The van der Waals surface area contributed by atoms with Gasteiger partial charge in [0.1, 0.15) is 22.4 Å². The van der Waals surface area contributed by atoms with Crippen LogP contribution < -0.4 is 14.2 Å². The van der Waals surface area contributed by atoms with Gasteiger partial charge in [-0.2, -0.15) is 0 Å². The lowest BCUT2D eigenvalue weighted by Gasteiger charge is -2.24. The maximum Gasteiger partial charge on any atom is 0.232 e. The van der Waals surface area contributed by atoms with Crippen LogP contribution in [0.3, 0.4) is 0 Å². The number of aromatic nitrogens is 3. The smallest absolute Gasteiger partial charge is 0.232 e. The first-order chi connectivity index (χ1) is 14.1. The summed E-state index contributed by atoms with van der Waals surface area (Å²) in [6.07, 6.45) is 3.19. The minimum atomic E-state index is -0.217. The third-order valence-electron chi connectivity index (χ3n) is 4.81. The SMILES string of the molecule is [CH2]C1COc2c(cc(C)c3nc(-c4cc(C=C)cc5nc(OC)cnc45)sc23)O1. The predicted octanol–water partition coefficient (Wildman–Crippen LogP) is 4.84. The number of benzene rings is 2. The zero-order valence-corrected chi connectivity index (χ0v) is 16.9. The Morgan fingerprint density at radius 3 is 2.90 bits per heavy atom. The highest BCUT2D eigenvalue weighted by atomic mass is 32.1. The van der Waals surface area contributed by atoms with Gasteiger partial charge in [-0.1, -0.05) is 12.7 Å². The van der Waals surface area contributed by atoms with E-state index in [0.29, 0.717) is 18.2 Å². The van der Waals surface area contributed by atoms with Crippen molar-refractivity contribution >= 4 is 38.7 Å². The van der Waals surface area contributed by atoms with Crippen LogP contribution in [0.25, 0.3) is 37.9 Å². The molecule has 0 saturated heterocycles. The lowest BCUT2D eigenvalue weighted by atomic mass is 10.1. The fourth-order valence-corrected chi connectivity index (χ4v) is 4.57. The van der Waals surface area contributed by atoms with Gasteiger partial charge >= 0.3 is 0 Å². The van der Waals surface area contributed by atoms with Crippen molar-refractivity contribution in [2.75, 3.05) is 13.7 Å². The van der Waals surface area contributed by atoms with Crippen LogP contribution in [0.2, 0.25) is 0 Å². The van der Waals surface area contributed by atoms with E-state index in [2.05, 4.69) is 23.5 Å². The Bertz CT molecular complexity index is 1280. The van der Waals surface area contributed by atoms with Gasteiger partial charge in [-0.3, -0.25) is 0 Å². The molecule has 0 bridgehead atoms. The minimum Gasteiger partial charge on any atom is -0.484 e. The molecule has 29 heavy (non-hydrogen) atoms. The fraction of sp³-hybridized carbons (Fsp3) is 0.182. The van der Waals surface area contributed by atoms with E-state index in [1.165, 1.54) is 0 Å². The molecule has 1 radical (unpaired) electrons. The summed E-state index contributed by atoms with van der Waals surface area (Å²) in [5.41, 5.74) is 5.25. The number of hydrogen-bond donors (Lipinski definition) is 0. The fourth-order valence-electron chi connectivity index (χ4n) is 3.42. The van der Waals surface area contributed by atoms with Crippen LogP contribution in [-0.2, 0) is 0 Å². The van der Waals surface area contributed by atoms with E-state index >= 15 is 0 Å². The number of hydrogen-bond acceptors (Lipinski definition) is 7. The van der Waals surface area contributed by atoms with Gasteiger partial charge in [-0.25, -0.2) is 15.0 Å². The first kappa shape index (κ1) is 17.9. The second-order valence-corrected chi connectivity index (χ2v) is 7.82. The summed E-state index contributed by atoms with van der Waals surface area (Å²) >= 11 is 1.55. The van der Waals surface area contributed by atoms with Gasteiger partial charge in [-0.05, 0) is 43.2 Å². The number of fused-ring (bicyclic) bond motifs is 4. The molecule has 0 saturated carbocycles. The highest BCUT2D eigenvalue weighted by Gasteiger charge is 2.24. The Morgan fingerprint density at radius 2 is 2.10 bits per heavy atom. The average Bonchev–Trinajstić information content (AvgIpc) is 3.18. The minimum absolute atomic E-state index is 0.217. The molecule has 1 aliphatic heterocycles. The van der Waals surface area contributed by atoms with Gasteiger partial charge < -0.3 is 14.2 Å². The highest BCUT2D eigenvalue weighted by molar-refractivity contribution is 7.22. The molecule has 5 rings (SSSR count). The largest absolute Gasteiger partial charge is 0.484 e. The van der Waals surface area contributed by atoms with E-state index in [0.717, 1.165) is 48.7 Å². The summed E-state index contributed by atoms with van der Waals surface area (Å²) in [5, 5.41) is 0.838. The lowest BCUT2D eigenvalue weighted by molar-refractivity contribution is 0.123. The monoisotopic (exact) mass is 404 g/mol. The number of methoxy groups -OCH3 is 1. The molecule has 1 unspecified atom stereocenters. The first-order valence-electron chi connectivity index (χ1n) is 9.11. The molecule has 0 aliphatic carbocycles. The molecule has 0 spiro atoms. The van der Waals surface area contributed by atoms with Crippen molar-refractivity contribution in [3.63, 3.8) is 0 Å². The Kier molecular flexibility index (Phi) is 4.13. The molecular formula is C22H18N3O3S. The van der Waals surface area contributed by atoms with Crippen LogP contribution >= 0.6 is 11.3 Å². The molecule has 3 heterocycles. The molecule has 145 valence electrons. The van der Waals surface area contributed by atoms with Crippen LogP contribution in [-0.4, -0.2) is 34.8 Å². The van der Waals surface area contributed by atoms with E-state index in [-0.39, 0.29) is 6.10 Å². The summed E-state index contributed by atoms with van der Waals surface area (Å²) in [6, 6.07) is 5.92. The summed E-state index contributed by atoms with van der Waals surface area (Å²) in [4.78, 5) is 14.0. The molecule has 0 N–H and O–H groups in total. The van der Waals surface area contributed by atoms with E-state index in [1.807, 2.05) is 25.1 Å². The molecule has 0 fully saturated rings. The number of aryl methyl sites for hydroxylation is 1. The van der Waals surface area contributed by atoms with Crippen LogP contribution in [0, 0.1) is 13.8 Å². The predicted molar refractivity (Wildman–Crippen MR) is 115 cm³/mol. The second-order valence-electron chi connectivity index (χ2n) is 6.82. The van der Waals surface area contributed by atoms with Gasteiger partial charge in [0.05, 0.1) is 29.9 Å². The summed E-state index contributed by atoms with van der Waals surface area (Å²) in [7, 11) is 1.58. The van der Waals surface area contributed by atoms with Crippen molar-refractivity contribution in [1.29, 1.82) is 0 Å². The standard InChI is InChI=1S/C22H18N3O3S/c1-5-13-7-14(19-15(8-13)24-17(26-4)9-23-19)22-25-18-11(2)6-16-20(21(18)29-22)27-10-12(3)28-16/h5-9,12H,1,3,10H2,2,4H3.